The number of hydrogen-bond donors (Lipinski definition) is 1. The Morgan fingerprint density at radius 1 is 1.20 bits per heavy atom. The molecule has 0 unspecified atom stereocenters. The van der Waals surface area contributed by atoms with Crippen LogP contribution in [0.3, 0.4) is 0 Å². The highest BCUT2D eigenvalue weighted by Gasteiger charge is 2.35. The van der Waals surface area contributed by atoms with Gasteiger partial charge in [-0.15, -0.1) is 11.3 Å². The molecule has 0 amide bonds. The van der Waals surface area contributed by atoms with E-state index in [9.17, 15) is 18.3 Å². The predicted molar refractivity (Wildman–Crippen MR) is 89.7 cm³/mol. The second-order valence-electron chi connectivity index (χ2n) is 5.46. The van der Waals surface area contributed by atoms with Gasteiger partial charge in [0.2, 0.25) is 0 Å². The van der Waals surface area contributed by atoms with Crippen molar-refractivity contribution in [2.45, 2.75) is 33.1 Å². The van der Waals surface area contributed by atoms with E-state index in [1.54, 1.807) is 12.1 Å². The Morgan fingerprint density at radius 2 is 1.96 bits per heavy atom. The van der Waals surface area contributed by atoms with E-state index >= 15 is 0 Å². The molecule has 0 bridgehead atoms. The fourth-order valence-corrected chi connectivity index (χ4v) is 4.06. The molecular weight excluding hydrogens is 351 g/mol. The number of aryl methyl sites for hydroxylation is 1. The normalized spacial score (nSPS) is 11.9. The number of pyridine rings is 1. The zero-order valence-corrected chi connectivity index (χ0v) is 14.4. The van der Waals surface area contributed by atoms with Crippen molar-refractivity contribution in [3.8, 4) is 16.4 Å². The molecule has 0 radical (unpaired) electrons. The van der Waals surface area contributed by atoms with Crippen molar-refractivity contribution in [2.24, 2.45) is 0 Å². The van der Waals surface area contributed by atoms with E-state index in [4.69, 9.17) is 0 Å². The Balaban J connectivity index is 2.12. The molecular formula is C17H16F3N3OS. The molecule has 3 rings (SSSR count). The first kappa shape index (κ1) is 17.6. The van der Waals surface area contributed by atoms with Crippen LogP contribution in [0.2, 0.25) is 0 Å². The molecule has 0 aliphatic rings. The molecule has 132 valence electrons. The minimum Gasteiger partial charge on any atom is -0.392 e. The average Bonchev–Trinajstić information content (AvgIpc) is 3.18. The van der Waals surface area contributed by atoms with Gasteiger partial charge in [0.05, 0.1) is 23.4 Å². The van der Waals surface area contributed by atoms with Crippen LogP contribution in [0.5, 0.6) is 0 Å². The number of aromatic nitrogens is 3. The summed E-state index contributed by atoms with van der Waals surface area (Å²) in [5.74, 6) is 0.0859. The maximum Gasteiger partial charge on any atom is 0.433 e. The Hall–Kier alpha value is -2.19. The fourth-order valence-electron chi connectivity index (χ4n) is 2.83. The largest absolute Gasteiger partial charge is 0.433 e. The second-order valence-corrected chi connectivity index (χ2v) is 6.69. The molecule has 1 N–H and O–H groups in total. The molecule has 0 saturated carbocycles. The van der Waals surface area contributed by atoms with Gasteiger partial charge >= 0.3 is 6.18 Å². The smallest absolute Gasteiger partial charge is 0.392 e. The van der Waals surface area contributed by atoms with Crippen molar-refractivity contribution in [1.29, 1.82) is 0 Å². The van der Waals surface area contributed by atoms with Crippen LogP contribution >= 0.6 is 11.3 Å². The number of aliphatic hydroxyl groups excluding tert-OH is 1. The van der Waals surface area contributed by atoms with Crippen LogP contribution in [0, 0.1) is 6.92 Å². The van der Waals surface area contributed by atoms with E-state index in [0.29, 0.717) is 5.69 Å². The Labute approximate surface area is 146 Å². The van der Waals surface area contributed by atoms with Crippen LogP contribution in [0.25, 0.3) is 16.4 Å². The van der Waals surface area contributed by atoms with Crippen LogP contribution in [0.4, 0.5) is 13.2 Å². The third-order valence-corrected chi connectivity index (χ3v) is 5.16. The molecule has 3 aromatic rings. The molecule has 0 saturated heterocycles. The van der Waals surface area contributed by atoms with Gasteiger partial charge in [-0.1, -0.05) is 13.0 Å². The molecule has 4 nitrogen and oxygen atoms in total. The highest BCUT2D eigenvalue weighted by molar-refractivity contribution is 7.15. The molecule has 0 aromatic carbocycles. The summed E-state index contributed by atoms with van der Waals surface area (Å²) in [6.07, 6.45) is -2.64. The van der Waals surface area contributed by atoms with Crippen LogP contribution < -0.4 is 0 Å². The van der Waals surface area contributed by atoms with Crippen molar-refractivity contribution < 1.29 is 18.3 Å². The molecule has 25 heavy (non-hydrogen) atoms. The summed E-state index contributed by atoms with van der Waals surface area (Å²) in [5.41, 5.74) is 1.49. The molecule has 3 aromatic heterocycles. The standard InChI is InChI=1S/C17H16F3N3OS/c1-3-11-10(2)25-16(12(11)9-24)13-5-4-6-15(22-13)23-14(7-8-21-23)17(18,19)20/h4-8,24H,3,9H2,1-2H3. The molecule has 0 fully saturated rings. The van der Waals surface area contributed by atoms with Gasteiger partial charge in [-0.3, -0.25) is 0 Å². The van der Waals surface area contributed by atoms with E-state index < -0.39 is 11.9 Å². The fraction of sp³-hybridized carbons (Fsp3) is 0.294. The van der Waals surface area contributed by atoms with Gasteiger partial charge in [0.25, 0.3) is 0 Å². The van der Waals surface area contributed by atoms with E-state index in [1.807, 2.05) is 13.8 Å². The summed E-state index contributed by atoms with van der Waals surface area (Å²) >= 11 is 1.48. The number of halogens is 3. The van der Waals surface area contributed by atoms with Crippen molar-refractivity contribution in [2.75, 3.05) is 0 Å². The number of thiophene rings is 1. The highest BCUT2D eigenvalue weighted by Crippen LogP contribution is 2.36. The lowest BCUT2D eigenvalue weighted by Crippen LogP contribution is -2.14. The zero-order chi connectivity index (χ0) is 18.2. The predicted octanol–water partition coefficient (Wildman–Crippen LogP) is 4.38. The Morgan fingerprint density at radius 3 is 2.60 bits per heavy atom. The van der Waals surface area contributed by atoms with Crippen molar-refractivity contribution >= 4 is 11.3 Å². The van der Waals surface area contributed by atoms with Crippen LogP contribution in [-0.2, 0) is 19.2 Å². The first-order chi connectivity index (χ1) is 11.9. The SMILES string of the molecule is CCc1c(C)sc(-c2cccc(-n3nccc3C(F)(F)F)n2)c1CO. The topological polar surface area (TPSA) is 50.9 Å². The summed E-state index contributed by atoms with van der Waals surface area (Å²) in [6, 6.07) is 5.76. The number of rotatable bonds is 4. The van der Waals surface area contributed by atoms with Crippen LogP contribution in [0.15, 0.2) is 30.5 Å². The lowest BCUT2D eigenvalue weighted by atomic mass is 10.1. The van der Waals surface area contributed by atoms with E-state index in [0.717, 1.165) is 44.2 Å². The van der Waals surface area contributed by atoms with Crippen molar-refractivity contribution in [3.05, 3.63) is 52.2 Å². The maximum absolute atomic E-state index is 13.1. The van der Waals surface area contributed by atoms with Crippen LogP contribution in [-0.4, -0.2) is 19.9 Å². The molecule has 3 heterocycles. The third-order valence-electron chi connectivity index (χ3n) is 3.95. The molecule has 0 spiro atoms. The lowest BCUT2D eigenvalue weighted by Gasteiger charge is -2.10. The molecule has 0 aliphatic carbocycles. The Bertz CT molecular complexity index is 899. The molecule has 8 heteroatoms. The second kappa shape index (κ2) is 6.61. The van der Waals surface area contributed by atoms with Gasteiger partial charge in [0, 0.05) is 10.4 Å². The lowest BCUT2D eigenvalue weighted by molar-refractivity contribution is -0.142. The number of hydrogen-bond acceptors (Lipinski definition) is 4. The Kier molecular flexibility index (Phi) is 4.66. The van der Waals surface area contributed by atoms with Gasteiger partial charge in [0.1, 0.15) is 5.69 Å². The summed E-state index contributed by atoms with van der Waals surface area (Å²) < 4.78 is 40.1. The minimum absolute atomic E-state index is 0.0859. The van der Waals surface area contributed by atoms with Gasteiger partial charge in [-0.25, -0.2) is 9.67 Å². The van der Waals surface area contributed by atoms with E-state index in [2.05, 4.69) is 10.1 Å². The number of alkyl halides is 3. The summed E-state index contributed by atoms with van der Waals surface area (Å²) in [6.45, 7) is 3.83. The monoisotopic (exact) mass is 367 g/mol. The third kappa shape index (κ3) is 3.19. The number of nitrogens with zero attached hydrogens (tertiary/aromatic N) is 3. The van der Waals surface area contributed by atoms with Gasteiger partial charge in [-0.2, -0.15) is 18.3 Å². The first-order valence-electron chi connectivity index (χ1n) is 7.67. The van der Waals surface area contributed by atoms with Gasteiger partial charge in [0.15, 0.2) is 5.82 Å². The average molecular weight is 367 g/mol. The van der Waals surface area contributed by atoms with Crippen molar-refractivity contribution in [3.63, 3.8) is 0 Å². The van der Waals surface area contributed by atoms with Gasteiger partial charge < -0.3 is 5.11 Å². The maximum atomic E-state index is 13.1. The minimum atomic E-state index is -4.51. The van der Waals surface area contributed by atoms with E-state index in [1.165, 1.54) is 17.4 Å². The molecule has 0 aliphatic heterocycles. The van der Waals surface area contributed by atoms with Crippen molar-refractivity contribution in [1.82, 2.24) is 14.8 Å². The summed E-state index contributed by atoms with van der Waals surface area (Å²) in [4.78, 5) is 6.21. The van der Waals surface area contributed by atoms with E-state index in [-0.39, 0.29) is 12.4 Å². The quantitative estimate of drug-likeness (QED) is 0.745. The summed E-state index contributed by atoms with van der Waals surface area (Å²) in [7, 11) is 0. The van der Waals surface area contributed by atoms with Gasteiger partial charge in [-0.05, 0) is 37.1 Å². The first-order valence-corrected chi connectivity index (χ1v) is 8.49. The zero-order valence-electron chi connectivity index (χ0n) is 13.6. The molecule has 0 atom stereocenters. The summed E-state index contributed by atoms with van der Waals surface area (Å²) in [5, 5.41) is 13.5. The van der Waals surface area contributed by atoms with Crippen LogP contribution in [0.1, 0.15) is 28.6 Å². The number of aliphatic hydroxyl groups is 1. The highest BCUT2D eigenvalue weighted by atomic mass is 32.1.